The molecule has 0 aromatic heterocycles. The summed E-state index contributed by atoms with van der Waals surface area (Å²) in [7, 11) is 0. The summed E-state index contributed by atoms with van der Waals surface area (Å²) in [6.07, 6.45) is 11.4. The lowest BCUT2D eigenvalue weighted by Gasteiger charge is -2.35. The molecule has 2 unspecified atom stereocenters. The number of allylic oxidation sites excluding steroid dienone is 3. The molecule has 1 aliphatic heterocycles. The lowest BCUT2D eigenvalue weighted by atomic mass is 9.87. The largest absolute Gasteiger partial charge is 0.275 e. The molecule has 0 N–H and O–H groups in total. The van der Waals surface area contributed by atoms with Gasteiger partial charge in [-0.25, -0.2) is 0 Å². The molecule has 1 heterocycles. The molecule has 4 heteroatoms. The Balaban J connectivity index is 2.26. The van der Waals surface area contributed by atoms with E-state index in [9.17, 15) is 9.59 Å². The second-order valence-electron chi connectivity index (χ2n) is 4.39. The third kappa shape index (κ3) is 1.27. The molecule has 1 spiro atoms. The summed E-state index contributed by atoms with van der Waals surface area (Å²) in [4.78, 5) is 24.9. The number of halogens is 1. The Hall–Kier alpha value is -1.42. The second-order valence-corrected chi connectivity index (χ2v) is 5.31. The molecule has 2 amide bonds. The highest BCUT2D eigenvalue weighted by molar-refractivity contribution is 9.11. The van der Waals surface area contributed by atoms with E-state index in [0.29, 0.717) is 0 Å². The highest BCUT2D eigenvalue weighted by Gasteiger charge is 2.48. The Morgan fingerprint density at radius 1 is 1.47 bits per heavy atom. The van der Waals surface area contributed by atoms with Gasteiger partial charge in [-0.3, -0.25) is 14.5 Å². The summed E-state index contributed by atoms with van der Waals surface area (Å²) < 4.78 is 0.987. The first-order valence-corrected chi connectivity index (χ1v) is 6.17. The van der Waals surface area contributed by atoms with Gasteiger partial charge in [0, 0.05) is 23.4 Å². The van der Waals surface area contributed by atoms with Crippen LogP contribution in [-0.2, 0) is 9.59 Å². The number of imide groups is 1. The van der Waals surface area contributed by atoms with Crippen molar-refractivity contribution in [3.05, 3.63) is 46.5 Å². The van der Waals surface area contributed by atoms with Crippen molar-refractivity contribution in [3.63, 3.8) is 0 Å². The molecule has 0 saturated carbocycles. The van der Waals surface area contributed by atoms with Crippen molar-refractivity contribution < 1.29 is 9.59 Å². The smallest absolute Gasteiger partial charge is 0.254 e. The fraction of sp³-hybridized carbons (Fsp3) is 0.231. The number of amides is 2. The number of nitrogens with zero attached hydrogens (tertiary/aromatic N) is 1. The summed E-state index contributed by atoms with van der Waals surface area (Å²) in [6.45, 7) is 1.42. The van der Waals surface area contributed by atoms with Crippen molar-refractivity contribution >= 4 is 27.7 Å². The molecule has 0 radical (unpaired) electrons. The van der Waals surface area contributed by atoms with Crippen molar-refractivity contribution in [2.45, 2.75) is 12.5 Å². The summed E-state index contributed by atoms with van der Waals surface area (Å²) in [6, 6.07) is 0. The van der Waals surface area contributed by atoms with E-state index < -0.39 is 5.54 Å². The highest BCUT2D eigenvalue weighted by atomic mass is 79.9. The third-order valence-corrected chi connectivity index (χ3v) is 4.12. The zero-order valence-corrected chi connectivity index (χ0v) is 10.8. The van der Waals surface area contributed by atoms with Crippen LogP contribution in [-0.4, -0.2) is 22.3 Å². The van der Waals surface area contributed by atoms with Gasteiger partial charge in [-0.1, -0.05) is 40.2 Å². The van der Waals surface area contributed by atoms with Crippen molar-refractivity contribution in [2.24, 2.45) is 5.92 Å². The van der Waals surface area contributed by atoms with E-state index in [0.717, 1.165) is 10.1 Å². The quantitative estimate of drug-likeness (QED) is 0.641. The summed E-state index contributed by atoms with van der Waals surface area (Å²) in [5, 5.41) is 0. The first-order valence-electron chi connectivity index (χ1n) is 5.37. The molecule has 4 aliphatic rings. The molecule has 4 rings (SSSR count). The molecule has 86 valence electrons. The standard InChI is InChI=1S/C13H10BrNO2/c1-8(16)15-12(17)6-10-3-2-9-4-5-13(10,15)7-11(9)14/h2-7,9H,1H3. The second kappa shape index (κ2) is 3.29. The molecule has 0 aromatic carbocycles. The van der Waals surface area contributed by atoms with Gasteiger partial charge < -0.3 is 0 Å². The number of carbonyl (C=O) groups is 2. The fourth-order valence-corrected chi connectivity index (χ4v) is 3.26. The Morgan fingerprint density at radius 3 is 2.88 bits per heavy atom. The van der Waals surface area contributed by atoms with Gasteiger partial charge in [0.2, 0.25) is 5.91 Å². The molecule has 3 aliphatic carbocycles. The maximum atomic E-state index is 11.9. The number of rotatable bonds is 0. The number of hydrogen-bond donors (Lipinski definition) is 0. The van der Waals surface area contributed by atoms with Crippen LogP contribution in [0, 0.1) is 5.92 Å². The van der Waals surface area contributed by atoms with Crippen LogP contribution in [0.15, 0.2) is 46.5 Å². The van der Waals surface area contributed by atoms with Crippen molar-refractivity contribution in [3.8, 4) is 0 Å². The van der Waals surface area contributed by atoms with E-state index >= 15 is 0 Å². The SMILES string of the molecule is CC(=O)N1C(=O)C=C2C=CC3C=CC21C=C3Br. The van der Waals surface area contributed by atoms with Gasteiger partial charge in [-0.2, -0.15) is 0 Å². The van der Waals surface area contributed by atoms with Gasteiger partial charge in [-0.15, -0.1) is 0 Å². The van der Waals surface area contributed by atoms with Crippen molar-refractivity contribution in [2.75, 3.05) is 0 Å². The Morgan fingerprint density at radius 2 is 2.24 bits per heavy atom. The fourth-order valence-electron chi connectivity index (χ4n) is 2.60. The maximum Gasteiger partial charge on any atom is 0.254 e. The van der Waals surface area contributed by atoms with E-state index in [4.69, 9.17) is 0 Å². The first kappa shape index (κ1) is 10.7. The van der Waals surface area contributed by atoms with Gasteiger partial charge >= 0.3 is 0 Å². The lowest BCUT2D eigenvalue weighted by Crippen LogP contribution is -2.48. The predicted molar refractivity (Wildman–Crippen MR) is 67.1 cm³/mol. The molecule has 17 heavy (non-hydrogen) atoms. The molecule has 0 aromatic rings. The molecule has 0 fully saturated rings. The first-order chi connectivity index (χ1) is 8.04. The van der Waals surface area contributed by atoms with Crippen LogP contribution >= 0.6 is 15.9 Å². The van der Waals surface area contributed by atoms with Crippen LogP contribution in [0.2, 0.25) is 0 Å². The third-order valence-electron chi connectivity index (χ3n) is 3.36. The van der Waals surface area contributed by atoms with E-state index in [1.807, 2.05) is 30.4 Å². The zero-order valence-electron chi connectivity index (χ0n) is 9.18. The van der Waals surface area contributed by atoms with Crippen LogP contribution in [0.4, 0.5) is 0 Å². The Labute approximate surface area is 107 Å². The van der Waals surface area contributed by atoms with E-state index in [1.54, 1.807) is 0 Å². The maximum absolute atomic E-state index is 11.9. The molecule has 3 nitrogen and oxygen atoms in total. The van der Waals surface area contributed by atoms with Crippen LogP contribution in [0.1, 0.15) is 6.92 Å². The van der Waals surface area contributed by atoms with Crippen LogP contribution < -0.4 is 0 Å². The minimum absolute atomic E-state index is 0.205. The highest BCUT2D eigenvalue weighted by Crippen LogP contribution is 2.44. The van der Waals surface area contributed by atoms with Gasteiger partial charge in [0.15, 0.2) is 0 Å². The average Bonchev–Trinajstić information content (AvgIpc) is 2.36. The Bertz CT molecular complexity index is 556. The van der Waals surface area contributed by atoms with Crippen LogP contribution in [0.25, 0.3) is 0 Å². The van der Waals surface area contributed by atoms with Crippen molar-refractivity contribution in [1.82, 2.24) is 4.90 Å². The Kier molecular flexibility index (Phi) is 2.08. The monoisotopic (exact) mass is 291 g/mol. The molecule has 2 atom stereocenters. The topological polar surface area (TPSA) is 37.4 Å². The van der Waals surface area contributed by atoms with Gasteiger partial charge in [0.1, 0.15) is 5.54 Å². The van der Waals surface area contributed by atoms with E-state index in [1.165, 1.54) is 17.9 Å². The molecule has 0 saturated heterocycles. The normalized spacial score (nSPS) is 33.4. The number of hydrogen-bond acceptors (Lipinski definition) is 2. The summed E-state index contributed by atoms with van der Waals surface area (Å²) in [5.74, 6) is -0.286. The van der Waals surface area contributed by atoms with Crippen molar-refractivity contribution in [1.29, 1.82) is 0 Å². The van der Waals surface area contributed by atoms with Gasteiger partial charge in [0.25, 0.3) is 5.91 Å². The molecular weight excluding hydrogens is 282 g/mol. The minimum Gasteiger partial charge on any atom is -0.275 e. The van der Waals surface area contributed by atoms with E-state index in [2.05, 4.69) is 15.9 Å². The number of carbonyl (C=O) groups excluding carboxylic acids is 2. The lowest BCUT2D eigenvalue weighted by molar-refractivity contribution is -0.141. The van der Waals surface area contributed by atoms with Gasteiger partial charge in [-0.05, 0) is 11.6 Å². The molecule has 2 bridgehead atoms. The zero-order chi connectivity index (χ0) is 12.2. The average molecular weight is 292 g/mol. The predicted octanol–water partition coefficient (Wildman–Crippen LogP) is 2.07. The summed E-state index contributed by atoms with van der Waals surface area (Å²) in [5.41, 5.74) is 0.136. The minimum atomic E-state index is -0.717. The summed E-state index contributed by atoms with van der Waals surface area (Å²) >= 11 is 3.51. The molecular formula is C13H10BrNO2. The van der Waals surface area contributed by atoms with Crippen LogP contribution in [0.3, 0.4) is 0 Å². The van der Waals surface area contributed by atoms with Crippen LogP contribution in [0.5, 0.6) is 0 Å². The van der Waals surface area contributed by atoms with E-state index in [-0.39, 0.29) is 17.7 Å². The van der Waals surface area contributed by atoms with Gasteiger partial charge in [0.05, 0.1) is 0 Å².